The van der Waals surface area contributed by atoms with Crippen LogP contribution in [0, 0.1) is 11.3 Å². The average molecular weight is 270 g/mol. The Hall–Kier alpha value is -1.64. The van der Waals surface area contributed by atoms with Gasteiger partial charge in [-0.25, -0.2) is 4.98 Å². The second-order valence-electron chi connectivity index (χ2n) is 6.65. The van der Waals surface area contributed by atoms with Crippen molar-refractivity contribution >= 4 is 16.8 Å². The molecule has 3 rings (SSSR count). The summed E-state index contributed by atoms with van der Waals surface area (Å²) in [6, 6.07) is 8.05. The standard InChI is InChI=1S/C17H22N2O/c1-17(2)10-6-7-12(17)15(20)11-16-18-13-8-4-5-9-14(13)19(16)3/h4-5,8-9,12H,6-7,10-11H2,1-3H3. The molecule has 1 aliphatic carbocycles. The van der Waals surface area contributed by atoms with Gasteiger partial charge in [0.15, 0.2) is 0 Å². The molecule has 1 atom stereocenters. The van der Waals surface area contributed by atoms with E-state index in [0.29, 0.717) is 12.2 Å². The van der Waals surface area contributed by atoms with Crippen LogP contribution in [0.2, 0.25) is 0 Å². The quantitative estimate of drug-likeness (QED) is 0.855. The number of rotatable bonds is 3. The van der Waals surface area contributed by atoms with Gasteiger partial charge in [-0.3, -0.25) is 4.79 Å². The monoisotopic (exact) mass is 270 g/mol. The molecule has 1 heterocycles. The van der Waals surface area contributed by atoms with Crippen molar-refractivity contribution < 1.29 is 4.79 Å². The Morgan fingerprint density at radius 2 is 2.15 bits per heavy atom. The molecule has 0 bridgehead atoms. The maximum Gasteiger partial charge on any atom is 0.144 e. The highest BCUT2D eigenvalue weighted by Gasteiger charge is 2.39. The topological polar surface area (TPSA) is 34.9 Å². The molecule has 2 aromatic rings. The number of aromatic nitrogens is 2. The fourth-order valence-electron chi connectivity index (χ4n) is 3.56. The van der Waals surface area contributed by atoms with Crippen LogP contribution in [-0.2, 0) is 18.3 Å². The van der Waals surface area contributed by atoms with E-state index in [1.165, 1.54) is 6.42 Å². The molecule has 0 spiro atoms. The largest absolute Gasteiger partial charge is 0.331 e. The molecule has 20 heavy (non-hydrogen) atoms. The highest BCUT2D eigenvalue weighted by molar-refractivity contribution is 5.85. The number of Topliss-reactive ketones (excluding diaryl/α,β-unsaturated/α-hetero) is 1. The summed E-state index contributed by atoms with van der Waals surface area (Å²) in [6.07, 6.45) is 3.83. The SMILES string of the molecule is Cn1c(CC(=O)C2CCCC2(C)C)nc2ccccc21. The Morgan fingerprint density at radius 3 is 2.80 bits per heavy atom. The molecule has 3 nitrogen and oxygen atoms in total. The number of fused-ring (bicyclic) bond motifs is 1. The number of aryl methyl sites for hydroxylation is 1. The third-order valence-electron chi connectivity index (χ3n) is 4.86. The van der Waals surface area contributed by atoms with Crippen molar-refractivity contribution in [3.05, 3.63) is 30.1 Å². The minimum atomic E-state index is 0.154. The molecule has 1 aromatic carbocycles. The van der Waals surface area contributed by atoms with E-state index in [-0.39, 0.29) is 11.3 Å². The third kappa shape index (κ3) is 2.15. The number of carbonyl (C=O) groups is 1. The first-order valence-electron chi connectivity index (χ1n) is 7.42. The molecule has 1 aliphatic rings. The fourth-order valence-corrected chi connectivity index (χ4v) is 3.56. The van der Waals surface area contributed by atoms with Gasteiger partial charge in [0.1, 0.15) is 11.6 Å². The lowest BCUT2D eigenvalue weighted by Crippen LogP contribution is -2.27. The molecule has 1 unspecified atom stereocenters. The summed E-state index contributed by atoms with van der Waals surface area (Å²) in [4.78, 5) is 17.2. The number of hydrogen-bond donors (Lipinski definition) is 0. The Kier molecular flexibility index (Phi) is 3.15. The molecule has 0 amide bonds. The molecule has 0 aliphatic heterocycles. The van der Waals surface area contributed by atoms with E-state index in [4.69, 9.17) is 0 Å². The summed E-state index contributed by atoms with van der Waals surface area (Å²) in [7, 11) is 2.00. The number of imidazole rings is 1. The second-order valence-corrected chi connectivity index (χ2v) is 6.65. The van der Waals surface area contributed by atoms with Crippen molar-refractivity contribution in [3.63, 3.8) is 0 Å². The van der Waals surface area contributed by atoms with Gasteiger partial charge in [0.25, 0.3) is 0 Å². The van der Waals surface area contributed by atoms with Crippen LogP contribution in [0.3, 0.4) is 0 Å². The van der Waals surface area contributed by atoms with E-state index >= 15 is 0 Å². The van der Waals surface area contributed by atoms with E-state index in [9.17, 15) is 4.79 Å². The lowest BCUT2D eigenvalue weighted by atomic mass is 9.78. The molecule has 106 valence electrons. The van der Waals surface area contributed by atoms with E-state index in [1.807, 2.05) is 25.2 Å². The average Bonchev–Trinajstić information content (AvgIpc) is 2.91. The predicted octanol–water partition coefficient (Wildman–Crippen LogP) is 3.51. The van der Waals surface area contributed by atoms with Gasteiger partial charge in [-0.05, 0) is 30.4 Å². The first kappa shape index (κ1) is 13.3. The van der Waals surface area contributed by atoms with Gasteiger partial charge in [0.2, 0.25) is 0 Å². The van der Waals surface area contributed by atoms with Crippen molar-refractivity contribution in [2.75, 3.05) is 0 Å². The summed E-state index contributed by atoms with van der Waals surface area (Å²) in [6.45, 7) is 4.44. The van der Waals surface area contributed by atoms with Crippen molar-refractivity contribution in [3.8, 4) is 0 Å². The molecule has 1 aromatic heterocycles. The number of ketones is 1. The molecule has 3 heteroatoms. The lowest BCUT2D eigenvalue weighted by molar-refractivity contribution is -0.124. The maximum absolute atomic E-state index is 12.6. The first-order chi connectivity index (χ1) is 9.49. The van der Waals surface area contributed by atoms with Crippen LogP contribution in [0.25, 0.3) is 11.0 Å². The maximum atomic E-state index is 12.6. The summed E-state index contributed by atoms with van der Waals surface area (Å²) < 4.78 is 2.05. The molecule has 0 radical (unpaired) electrons. The Balaban J connectivity index is 1.86. The highest BCUT2D eigenvalue weighted by Crippen LogP contribution is 2.43. The zero-order valence-corrected chi connectivity index (χ0v) is 12.5. The van der Waals surface area contributed by atoms with Gasteiger partial charge < -0.3 is 4.57 Å². The first-order valence-corrected chi connectivity index (χ1v) is 7.42. The van der Waals surface area contributed by atoms with Crippen LogP contribution >= 0.6 is 0 Å². The van der Waals surface area contributed by atoms with Crippen LogP contribution in [0.4, 0.5) is 0 Å². The molecule has 1 saturated carbocycles. The van der Waals surface area contributed by atoms with E-state index in [2.05, 4.69) is 29.5 Å². The number of carbonyl (C=O) groups excluding carboxylic acids is 1. The Bertz CT molecular complexity index is 654. The van der Waals surface area contributed by atoms with Crippen LogP contribution in [0.15, 0.2) is 24.3 Å². The Morgan fingerprint density at radius 1 is 1.40 bits per heavy atom. The summed E-state index contributed by atoms with van der Waals surface area (Å²) in [5.41, 5.74) is 2.23. The summed E-state index contributed by atoms with van der Waals surface area (Å²) in [5.74, 6) is 1.44. The number of nitrogens with zero attached hydrogens (tertiary/aromatic N) is 2. The minimum absolute atomic E-state index is 0.154. The van der Waals surface area contributed by atoms with Crippen LogP contribution in [-0.4, -0.2) is 15.3 Å². The number of benzene rings is 1. The van der Waals surface area contributed by atoms with Gasteiger partial charge in [-0.1, -0.05) is 32.4 Å². The zero-order chi connectivity index (χ0) is 14.3. The van der Waals surface area contributed by atoms with Crippen molar-refractivity contribution in [2.45, 2.75) is 39.5 Å². The van der Waals surface area contributed by atoms with Gasteiger partial charge in [0.05, 0.1) is 17.5 Å². The van der Waals surface area contributed by atoms with Crippen molar-refractivity contribution in [2.24, 2.45) is 18.4 Å². The summed E-state index contributed by atoms with van der Waals surface area (Å²) in [5, 5.41) is 0. The smallest absolute Gasteiger partial charge is 0.144 e. The zero-order valence-electron chi connectivity index (χ0n) is 12.5. The molecule has 1 fully saturated rings. The highest BCUT2D eigenvalue weighted by atomic mass is 16.1. The number of hydrogen-bond acceptors (Lipinski definition) is 2. The van der Waals surface area contributed by atoms with Crippen LogP contribution < -0.4 is 0 Å². The minimum Gasteiger partial charge on any atom is -0.331 e. The van der Waals surface area contributed by atoms with E-state index < -0.39 is 0 Å². The fraction of sp³-hybridized carbons (Fsp3) is 0.529. The Labute approximate surface area is 120 Å². The second kappa shape index (κ2) is 4.72. The van der Waals surface area contributed by atoms with Crippen LogP contribution in [0.5, 0.6) is 0 Å². The van der Waals surface area contributed by atoms with Gasteiger partial charge in [0, 0.05) is 13.0 Å². The van der Waals surface area contributed by atoms with Gasteiger partial charge in [-0.2, -0.15) is 0 Å². The molecule has 0 N–H and O–H groups in total. The summed E-state index contributed by atoms with van der Waals surface area (Å²) >= 11 is 0. The van der Waals surface area contributed by atoms with Gasteiger partial charge >= 0.3 is 0 Å². The predicted molar refractivity (Wildman–Crippen MR) is 80.5 cm³/mol. The molecular formula is C17H22N2O. The molecule has 0 saturated heterocycles. The lowest BCUT2D eigenvalue weighted by Gasteiger charge is -2.25. The number of para-hydroxylation sites is 2. The van der Waals surface area contributed by atoms with Crippen molar-refractivity contribution in [1.82, 2.24) is 9.55 Å². The third-order valence-corrected chi connectivity index (χ3v) is 4.86. The van der Waals surface area contributed by atoms with Crippen molar-refractivity contribution in [1.29, 1.82) is 0 Å². The normalized spacial score (nSPS) is 21.4. The van der Waals surface area contributed by atoms with Gasteiger partial charge in [-0.15, -0.1) is 0 Å². The van der Waals surface area contributed by atoms with E-state index in [0.717, 1.165) is 29.7 Å². The molecular weight excluding hydrogens is 248 g/mol. The van der Waals surface area contributed by atoms with E-state index in [1.54, 1.807) is 0 Å². The van der Waals surface area contributed by atoms with Crippen LogP contribution in [0.1, 0.15) is 38.9 Å².